The maximum atomic E-state index is 11.3. The van der Waals surface area contributed by atoms with Crippen LogP contribution in [0.15, 0.2) is 0 Å². The third kappa shape index (κ3) is 5.62. The number of hydrogen-bond acceptors (Lipinski definition) is 10. The lowest BCUT2D eigenvalue weighted by Gasteiger charge is -2.42. The van der Waals surface area contributed by atoms with Gasteiger partial charge in [0.05, 0.1) is 0 Å². The first-order valence-corrected chi connectivity index (χ1v) is 8.63. The number of aliphatic hydroxyl groups is 4. The summed E-state index contributed by atoms with van der Waals surface area (Å²) in [5.41, 5.74) is -11.2. The number of carboxylic acids is 4. The highest BCUT2D eigenvalue weighted by molar-refractivity contribution is 5.81. The quantitative estimate of drug-likeness (QED) is 0.110. The van der Waals surface area contributed by atoms with Crippen molar-refractivity contribution in [2.45, 2.75) is 63.4 Å². The molecule has 0 aromatic rings. The summed E-state index contributed by atoms with van der Waals surface area (Å²) in [6.07, 6.45) is -0.399. The van der Waals surface area contributed by atoms with Crippen LogP contribution in [0.3, 0.4) is 0 Å². The van der Waals surface area contributed by atoms with Crippen LogP contribution in [0.2, 0.25) is 0 Å². The molecule has 0 aliphatic carbocycles. The molecule has 0 aliphatic heterocycles. The van der Waals surface area contributed by atoms with E-state index >= 15 is 0 Å². The Hall–Kier alpha value is -2.36. The first-order valence-electron chi connectivity index (χ1n) is 8.63. The highest BCUT2D eigenvalue weighted by atomic mass is 16.5. The molecule has 0 aromatic heterocycles. The molecule has 0 radical (unpaired) electrons. The van der Waals surface area contributed by atoms with Crippen LogP contribution in [-0.4, -0.2) is 111 Å². The van der Waals surface area contributed by atoms with Crippen molar-refractivity contribution >= 4 is 23.9 Å². The highest BCUT2D eigenvalue weighted by Crippen LogP contribution is 2.26. The zero-order valence-electron chi connectivity index (χ0n) is 16.9. The van der Waals surface area contributed by atoms with Gasteiger partial charge in [-0.15, -0.1) is 0 Å². The van der Waals surface area contributed by atoms with Crippen molar-refractivity contribution in [2.75, 3.05) is 13.1 Å². The summed E-state index contributed by atoms with van der Waals surface area (Å²) in [7, 11) is 0. The molecule has 14 nitrogen and oxygen atoms in total. The van der Waals surface area contributed by atoms with Crippen LogP contribution in [0.4, 0.5) is 0 Å². The number of carbonyl (C=O) groups is 4. The van der Waals surface area contributed by atoms with E-state index in [0.29, 0.717) is 9.80 Å². The van der Waals surface area contributed by atoms with Crippen LogP contribution >= 0.6 is 0 Å². The SMILES string of the molecule is CC(O)(C(=O)O)N(CCCCN(C(C)(O)C(=O)O)C(C)(O)C(=O)O)C(C)(O)C(=O)O. The number of unbranched alkanes of at least 4 members (excludes halogenated alkanes) is 1. The van der Waals surface area contributed by atoms with Crippen molar-refractivity contribution in [1.82, 2.24) is 9.80 Å². The fourth-order valence-electron chi connectivity index (χ4n) is 2.72. The van der Waals surface area contributed by atoms with Crippen LogP contribution in [0.1, 0.15) is 40.5 Å². The second-order valence-corrected chi connectivity index (χ2v) is 7.31. The van der Waals surface area contributed by atoms with Crippen LogP contribution in [0, 0.1) is 0 Å². The van der Waals surface area contributed by atoms with Gasteiger partial charge >= 0.3 is 23.9 Å². The molecule has 4 atom stereocenters. The molecule has 174 valence electrons. The van der Waals surface area contributed by atoms with Crippen molar-refractivity contribution < 1.29 is 60.0 Å². The Balaban J connectivity index is 5.61. The Morgan fingerprint density at radius 1 is 0.533 bits per heavy atom. The van der Waals surface area contributed by atoms with Crippen LogP contribution in [0.25, 0.3) is 0 Å². The first-order chi connectivity index (χ1) is 13.2. The number of aliphatic carboxylic acids is 4. The van der Waals surface area contributed by atoms with Crippen LogP contribution in [0.5, 0.6) is 0 Å². The fourth-order valence-corrected chi connectivity index (χ4v) is 2.72. The largest absolute Gasteiger partial charge is 0.478 e. The second kappa shape index (κ2) is 9.20. The van der Waals surface area contributed by atoms with Gasteiger partial charge in [-0.3, -0.25) is 0 Å². The lowest BCUT2D eigenvalue weighted by atomic mass is 10.1. The molecule has 0 fully saturated rings. The summed E-state index contributed by atoms with van der Waals surface area (Å²) in [6.45, 7) is 1.87. The zero-order chi connectivity index (χ0) is 24.3. The Labute approximate surface area is 171 Å². The molecule has 0 amide bonds. The van der Waals surface area contributed by atoms with E-state index in [1.165, 1.54) is 0 Å². The van der Waals surface area contributed by atoms with E-state index in [-0.39, 0.29) is 12.8 Å². The molecule has 0 saturated heterocycles. The molecule has 0 spiro atoms. The smallest absolute Gasteiger partial charge is 0.351 e. The Bertz CT molecular complexity index is 576. The Morgan fingerprint density at radius 2 is 0.700 bits per heavy atom. The van der Waals surface area contributed by atoms with Gasteiger partial charge in [0.15, 0.2) is 0 Å². The molecule has 4 unspecified atom stereocenters. The van der Waals surface area contributed by atoms with Gasteiger partial charge in [0.2, 0.25) is 22.9 Å². The number of nitrogens with zero attached hydrogens (tertiary/aromatic N) is 2. The van der Waals surface area contributed by atoms with Gasteiger partial charge in [-0.1, -0.05) is 0 Å². The number of carboxylic acid groups (broad SMARTS) is 4. The molecule has 30 heavy (non-hydrogen) atoms. The topological polar surface area (TPSA) is 237 Å². The van der Waals surface area contributed by atoms with E-state index in [1.54, 1.807) is 0 Å². The van der Waals surface area contributed by atoms with Crippen LogP contribution in [-0.2, 0) is 19.2 Å². The third-order valence-corrected chi connectivity index (χ3v) is 4.74. The van der Waals surface area contributed by atoms with Crippen molar-refractivity contribution in [3.63, 3.8) is 0 Å². The van der Waals surface area contributed by atoms with Gasteiger partial charge < -0.3 is 40.9 Å². The van der Waals surface area contributed by atoms with Gasteiger partial charge in [0, 0.05) is 13.1 Å². The minimum absolute atomic E-state index is 0.200. The minimum atomic E-state index is -2.80. The summed E-state index contributed by atoms with van der Waals surface area (Å²) < 4.78 is 0. The molecular formula is C16H28N2O12. The van der Waals surface area contributed by atoms with Crippen molar-refractivity contribution in [3.8, 4) is 0 Å². The second-order valence-electron chi connectivity index (χ2n) is 7.31. The van der Waals surface area contributed by atoms with E-state index < -0.39 is 59.9 Å². The average Bonchev–Trinajstić information content (AvgIpc) is 2.56. The van der Waals surface area contributed by atoms with Gasteiger partial charge in [-0.05, 0) is 40.5 Å². The van der Waals surface area contributed by atoms with Crippen molar-refractivity contribution in [2.24, 2.45) is 0 Å². The number of rotatable bonds is 13. The summed E-state index contributed by atoms with van der Waals surface area (Å²) in [5.74, 6) is -7.41. The van der Waals surface area contributed by atoms with E-state index in [2.05, 4.69) is 0 Å². The predicted molar refractivity (Wildman–Crippen MR) is 95.7 cm³/mol. The lowest BCUT2D eigenvalue weighted by Crippen LogP contribution is -2.66. The first kappa shape index (κ1) is 27.6. The van der Waals surface area contributed by atoms with Crippen molar-refractivity contribution in [3.05, 3.63) is 0 Å². The Morgan fingerprint density at radius 3 is 0.833 bits per heavy atom. The van der Waals surface area contributed by atoms with Gasteiger partial charge in [0.1, 0.15) is 0 Å². The zero-order valence-corrected chi connectivity index (χ0v) is 16.9. The summed E-state index contributed by atoms with van der Waals surface area (Å²) >= 11 is 0. The third-order valence-electron chi connectivity index (χ3n) is 4.74. The molecular weight excluding hydrogens is 412 g/mol. The maximum absolute atomic E-state index is 11.3. The standard InChI is InChI=1S/C16H28N2O12/c1-13(27,9(19)20)17(14(2,28)10(21)22)7-5-6-8-18(15(3,29)11(23)24)16(4,30)12(25)26/h27-30H,5-8H2,1-4H3,(H,19,20)(H,21,22)(H,23,24)(H,25,26). The predicted octanol–water partition coefficient (Wildman–Crippen LogP) is -2.46. The highest BCUT2D eigenvalue weighted by Gasteiger charge is 2.52. The molecule has 8 N–H and O–H groups in total. The molecule has 0 saturated carbocycles. The summed E-state index contributed by atoms with van der Waals surface area (Å²) in [5, 5.41) is 77.0. The Kier molecular flexibility index (Phi) is 8.47. The van der Waals surface area contributed by atoms with E-state index in [1.807, 2.05) is 0 Å². The molecule has 0 aromatic carbocycles. The van der Waals surface area contributed by atoms with Gasteiger partial charge in [-0.2, -0.15) is 0 Å². The fraction of sp³-hybridized carbons (Fsp3) is 0.750. The molecule has 0 heterocycles. The van der Waals surface area contributed by atoms with Crippen LogP contribution < -0.4 is 0 Å². The normalized spacial score (nSPS) is 19.9. The summed E-state index contributed by atoms with van der Waals surface area (Å²) in [6, 6.07) is 0. The van der Waals surface area contributed by atoms with E-state index in [4.69, 9.17) is 20.4 Å². The number of hydrogen-bond donors (Lipinski definition) is 8. The summed E-state index contributed by atoms with van der Waals surface area (Å²) in [4.78, 5) is 45.9. The van der Waals surface area contributed by atoms with E-state index in [0.717, 1.165) is 27.7 Å². The molecule has 0 aliphatic rings. The molecule has 0 rings (SSSR count). The lowest BCUT2D eigenvalue weighted by molar-refractivity contribution is -0.236. The van der Waals surface area contributed by atoms with Gasteiger partial charge in [0.25, 0.3) is 0 Å². The minimum Gasteiger partial charge on any atom is -0.478 e. The maximum Gasteiger partial charge on any atom is 0.351 e. The van der Waals surface area contributed by atoms with Crippen molar-refractivity contribution in [1.29, 1.82) is 0 Å². The monoisotopic (exact) mass is 440 g/mol. The van der Waals surface area contributed by atoms with Gasteiger partial charge in [-0.25, -0.2) is 29.0 Å². The molecule has 14 heteroatoms. The van der Waals surface area contributed by atoms with E-state index in [9.17, 15) is 39.6 Å². The molecule has 0 bridgehead atoms. The average molecular weight is 440 g/mol.